The fraction of sp³-hybridized carbons (Fsp3) is 0.571. The van der Waals surface area contributed by atoms with Crippen molar-refractivity contribution < 1.29 is 4.39 Å². The van der Waals surface area contributed by atoms with Crippen LogP contribution in [0.5, 0.6) is 0 Å². The van der Waals surface area contributed by atoms with Crippen LogP contribution in [0, 0.1) is 0 Å². The number of nitrogens with zero attached hydrogens (tertiary/aromatic N) is 2. The van der Waals surface area contributed by atoms with Gasteiger partial charge in [0.05, 0.1) is 12.2 Å². The predicted molar refractivity (Wildman–Crippen MR) is 40.8 cm³/mol. The lowest BCUT2D eigenvalue weighted by Gasteiger charge is -2.05. The van der Waals surface area contributed by atoms with Crippen molar-refractivity contribution >= 4 is 0 Å². The molecule has 3 nitrogen and oxygen atoms in total. The summed E-state index contributed by atoms with van der Waals surface area (Å²) in [6.45, 7) is 2.56. The molecule has 11 heavy (non-hydrogen) atoms. The van der Waals surface area contributed by atoms with E-state index in [9.17, 15) is 4.39 Å². The third-order valence-corrected chi connectivity index (χ3v) is 1.50. The summed E-state index contributed by atoms with van der Waals surface area (Å²) in [4.78, 5) is 0. The lowest BCUT2D eigenvalue weighted by Crippen LogP contribution is -2.13. The van der Waals surface area contributed by atoms with Gasteiger partial charge in [-0.15, -0.1) is 0 Å². The molecule has 0 saturated heterocycles. The van der Waals surface area contributed by atoms with Crippen molar-refractivity contribution in [1.29, 1.82) is 0 Å². The smallest absolute Gasteiger partial charge is 0.139 e. The van der Waals surface area contributed by atoms with Crippen molar-refractivity contribution in [2.24, 2.45) is 5.73 Å². The summed E-state index contributed by atoms with van der Waals surface area (Å²) >= 11 is 0. The molecule has 1 rings (SSSR count). The third kappa shape index (κ3) is 1.77. The van der Waals surface area contributed by atoms with Crippen molar-refractivity contribution in [2.45, 2.75) is 19.6 Å². The summed E-state index contributed by atoms with van der Waals surface area (Å²) in [5.41, 5.74) is 5.90. The van der Waals surface area contributed by atoms with E-state index >= 15 is 0 Å². The molecule has 0 aliphatic carbocycles. The van der Waals surface area contributed by atoms with Crippen LogP contribution in [0.15, 0.2) is 12.3 Å². The summed E-state index contributed by atoms with van der Waals surface area (Å²) in [6, 6.07) is 1.67. The number of hydrogen-bond donors (Lipinski definition) is 1. The van der Waals surface area contributed by atoms with Crippen molar-refractivity contribution in [3.8, 4) is 0 Å². The molecular formula is C7H12FN3. The molecule has 2 N–H and O–H groups in total. The molecule has 0 radical (unpaired) electrons. The molecule has 62 valence electrons. The molecular weight excluding hydrogens is 145 g/mol. The van der Waals surface area contributed by atoms with E-state index in [2.05, 4.69) is 5.10 Å². The highest BCUT2D eigenvalue weighted by Crippen LogP contribution is 2.14. The number of hydrogen-bond acceptors (Lipinski definition) is 2. The monoisotopic (exact) mass is 157 g/mol. The Labute approximate surface area is 65.0 Å². The van der Waals surface area contributed by atoms with Crippen molar-refractivity contribution in [3.63, 3.8) is 0 Å². The molecule has 0 aliphatic rings. The van der Waals surface area contributed by atoms with Crippen LogP contribution >= 0.6 is 0 Å². The minimum Gasteiger partial charge on any atom is -0.329 e. The fourth-order valence-corrected chi connectivity index (χ4v) is 0.990. The number of rotatable bonds is 3. The largest absolute Gasteiger partial charge is 0.329 e. The Hall–Kier alpha value is -0.900. The second-order valence-corrected chi connectivity index (χ2v) is 2.38. The summed E-state index contributed by atoms with van der Waals surface area (Å²) < 4.78 is 14.3. The zero-order valence-electron chi connectivity index (χ0n) is 6.50. The number of aromatic nitrogens is 2. The van der Waals surface area contributed by atoms with Crippen LogP contribution in [-0.4, -0.2) is 16.3 Å². The molecule has 0 fully saturated rings. The van der Waals surface area contributed by atoms with Crippen LogP contribution in [0.4, 0.5) is 4.39 Å². The lowest BCUT2D eigenvalue weighted by molar-refractivity contribution is 0.347. The molecule has 0 amide bonds. The van der Waals surface area contributed by atoms with Gasteiger partial charge in [0, 0.05) is 12.7 Å². The first kappa shape index (κ1) is 8.20. The Morgan fingerprint density at radius 3 is 3.09 bits per heavy atom. The molecule has 0 aromatic carbocycles. The van der Waals surface area contributed by atoms with Gasteiger partial charge in [0.1, 0.15) is 6.17 Å². The van der Waals surface area contributed by atoms with Gasteiger partial charge in [-0.2, -0.15) is 5.10 Å². The summed E-state index contributed by atoms with van der Waals surface area (Å²) in [5.74, 6) is 0. The quantitative estimate of drug-likeness (QED) is 0.707. The average Bonchev–Trinajstić information content (AvgIpc) is 2.36. The van der Waals surface area contributed by atoms with Gasteiger partial charge < -0.3 is 5.73 Å². The molecule has 0 aliphatic heterocycles. The Morgan fingerprint density at radius 1 is 1.82 bits per heavy atom. The van der Waals surface area contributed by atoms with Gasteiger partial charge in [0.15, 0.2) is 0 Å². The van der Waals surface area contributed by atoms with Crippen LogP contribution in [0.3, 0.4) is 0 Å². The molecule has 1 atom stereocenters. The van der Waals surface area contributed by atoms with Crippen LogP contribution in [-0.2, 0) is 6.54 Å². The molecule has 4 heteroatoms. The molecule has 1 aromatic rings. The van der Waals surface area contributed by atoms with Crippen molar-refractivity contribution in [2.75, 3.05) is 6.54 Å². The Bertz CT molecular complexity index is 219. The zero-order chi connectivity index (χ0) is 8.27. The highest BCUT2D eigenvalue weighted by molar-refractivity contribution is 5.03. The van der Waals surface area contributed by atoms with Gasteiger partial charge in [-0.3, -0.25) is 4.68 Å². The van der Waals surface area contributed by atoms with Crippen LogP contribution in [0.1, 0.15) is 18.8 Å². The Kier molecular flexibility index (Phi) is 2.59. The zero-order valence-corrected chi connectivity index (χ0v) is 6.50. The second kappa shape index (κ2) is 3.48. The summed E-state index contributed by atoms with van der Waals surface area (Å²) in [6.07, 6.45) is 0.616. The average molecular weight is 157 g/mol. The predicted octanol–water partition coefficient (Wildman–Crippen LogP) is 0.872. The maximum Gasteiger partial charge on any atom is 0.139 e. The maximum absolute atomic E-state index is 12.7. The van der Waals surface area contributed by atoms with Crippen LogP contribution < -0.4 is 5.73 Å². The van der Waals surface area contributed by atoms with E-state index in [-0.39, 0.29) is 0 Å². The van der Waals surface area contributed by atoms with E-state index in [1.807, 2.05) is 0 Å². The van der Waals surface area contributed by atoms with E-state index in [1.165, 1.54) is 6.92 Å². The molecule has 0 spiro atoms. The molecule has 1 aromatic heterocycles. The summed E-state index contributed by atoms with van der Waals surface area (Å²) in [5, 5.41) is 3.92. The van der Waals surface area contributed by atoms with Crippen LogP contribution in [0.25, 0.3) is 0 Å². The van der Waals surface area contributed by atoms with Crippen LogP contribution in [0.2, 0.25) is 0 Å². The van der Waals surface area contributed by atoms with Gasteiger partial charge in [-0.25, -0.2) is 4.39 Å². The van der Waals surface area contributed by atoms with Crippen molar-refractivity contribution in [1.82, 2.24) is 9.78 Å². The van der Waals surface area contributed by atoms with Gasteiger partial charge in [-0.05, 0) is 13.0 Å². The van der Waals surface area contributed by atoms with E-state index in [1.54, 1.807) is 16.9 Å². The highest BCUT2D eigenvalue weighted by Gasteiger charge is 2.07. The molecule has 0 bridgehead atoms. The third-order valence-electron chi connectivity index (χ3n) is 1.50. The first-order valence-corrected chi connectivity index (χ1v) is 3.61. The van der Waals surface area contributed by atoms with E-state index in [0.717, 1.165) is 0 Å². The van der Waals surface area contributed by atoms with E-state index in [4.69, 9.17) is 5.73 Å². The minimum atomic E-state index is -0.968. The lowest BCUT2D eigenvalue weighted by atomic mass is 10.3. The summed E-state index contributed by atoms with van der Waals surface area (Å²) in [7, 11) is 0. The SMILES string of the molecule is CC(F)c1ccnn1CCN. The van der Waals surface area contributed by atoms with E-state index < -0.39 is 6.17 Å². The van der Waals surface area contributed by atoms with Gasteiger partial charge >= 0.3 is 0 Å². The van der Waals surface area contributed by atoms with Gasteiger partial charge in [0.2, 0.25) is 0 Å². The molecule has 0 saturated carbocycles. The molecule has 1 unspecified atom stereocenters. The van der Waals surface area contributed by atoms with Gasteiger partial charge in [0.25, 0.3) is 0 Å². The first-order chi connectivity index (χ1) is 5.25. The second-order valence-electron chi connectivity index (χ2n) is 2.38. The van der Waals surface area contributed by atoms with Crippen molar-refractivity contribution in [3.05, 3.63) is 18.0 Å². The number of alkyl halides is 1. The maximum atomic E-state index is 12.7. The Balaban J connectivity index is 2.78. The standard InChI is InChI=1S/C7H12FN3/c1-6(8)7-2-4-10-11(7)5-3-9/h2,4,6H,3,5,9H2,1H3. The topological polar surface area (TPSA) is 43.8 Å². The highest BCUT2D eigenvalue weighted by atomic mass is 19.1. The van der Waals surface area contributed by atoms with Gasteiger partial charge in [-0.1, -0.05) is 0 Å². The first-order valence-electron chi connectivity index (χ1n) is 3.61. The number of nitrogens with two attached hydrogens (primary N) is 1. The number of halogens is 1. The molecule has 1 heterocycles. The van der Waals surface area contributed by atoms with E-state index in [0.29, 0.717) is 18.8 Å². The Morgan fingerprint density at radius 2 is 2.55 bits per heavy atom. The normalized spacial score (nSPS) is 13.4. The fourth-order valence-electron chi connectivity index (χ4n) is 0.990. The minimum absolute atomic E-state index is 0.488.